The van der Waals surface area contributed by atoms with Gasteiger partial charge in [-0.3, -0.25) is 9.59 Å². The molecule has 0 aliphatic heterocycles. The molecule has 2 aromatic rings. The van der Waals surface area contributed by atoms with Gasteiger partial charge >= 0.3 is 0 Å². The van der Waals surface area contributed by atoms with Gasteiger partial charge in [-0.2, -0.15) is 0 Å². The van der Waals surface area contributed by atoms with E-state index in [1.165, 1.54) is 19.3 Å². The predicted molar refractivity (Wildman–Crippen MR) is 154 cm³/mol. The van der Waals surface area contributed by atoms with Gasteiger partial charge in [-0.25, -0.2) is 0 Å². The molecular formula is C31H51N3O2. The molecule has 202 valence electrons. The lowest BCUT2D eigenvalue weighted by Crippen LogP contribution is -2.39. The molecule has 0 spiro atoms. The Hall–Kier alpha value is -2.14. The smallest absolute Gasteiger partial charge is 0.256 e. The summed E-state index contributed by atoms with van der Waals surface area (Å²) < 4.78 is 2.21. The molecule has 0 bridgehead atoms. The highest BCUT2D eigenvalue weighted by Crippen LogP contribution is 2.30. The van der Waals surface area contributed by atoms with Crippen molar-refractivity contribution in [2.24, 2.45) is 5.92 Å². The van der Waals surface area contributed by atoms with Crippen LogP contribution in [0.2, 0.25) is 0 Å². The molecule has 1 aromatic heterocycles. The van der Waals surface area contributed by atoms with Crippen LogP contribution in [0.1, 0.15) is 116 Å². The molecule has 0 radical (unpaired) electrons. The van der Waals surface area contributed by atoms with Crippen LogP contribution < -0.4 is 10.7 Å². The summed E-state index contributed by atoms with van der Waals surface area (Å²) in [6.45, 7) is 13.9. The first-order valence-corrected chi connectivity index (χ1v) is 14.5. The largest absolute Gasteiger partial charge is 0.349 e. The molecule has 2 unspecified atom stereocenters. The fourth-order valence-electron chi connectivity index (χ4n) is 5.27. The number of para-hydroxylation sites is 1. The minimum atomic E-state index is -0.217. The van der Waals surface area contributed by atoms with Gasteiger partial charge in [0.2, 0.25) is 5.43 Å². The monoisotopic (exact) mass is 497 g/mol. The lowest BCUT2D eigenvalue weighted by Gasteiger charge is -2.27. The molecule has 36 heavy (non-hydrogen) atoms. The molecule has 1 fully saturated rings. The number of nitrogens with one attached hydrogen (secondary N) is 1. The van der Waals surface area contributed by atoms with Crippen molar-refractivity contribution in [3.63, 3.8) is 0 Å². The van der Waals surface area contributed by atoms with Gasteiger partial charge in [0.15, 0.2) is 0 Å². The first-order valence-electron chi connectivity index (χ1n) is 14.5. The number of nitrogens with zero attached hydrogens (tertiary/aromatic N) is 2. The Morgan fingerprint density at radius 3 is 2.39 bits per heavy atom. The molecule has 1 aromatic carbocycles. The first-order chi connectivity index (χ1) is 17.3. The number of fused-ring (bicyclic) bond motifs is 1. The molecule has 1 heterocycles. The van der Waals surface area contributed by atoms with Gasteiger partial charge in [-0.15, -0.1) is 0 Å². The molecule has 1 N–H and O–H groups in total. The van der Waals surface area contributed by atoms with Gasteiger partial charge in [-0.1, -0.05) is 65.5 Å². The van der Waals surface area contributed by atoms with Crippen molar-refractivity contribution < 1.29 is 4.79 Å². The van der Waals surface area contributed by atoms with Crippen molar-refractivity contribution in [2.45, 2.75) is 117 Å². The molecule has 2 atom stereocenters. The van der Waals surface area contributed by atoms with E-state index in [1.54, 1.807) is 0 Å². The van der Waals surface area contributed by atoms with Crippen LogP contribution in [-0.2, 0) is 0 Å². The summed E-state index contributed by atoms with van der Waals surface area (Å²) in [6, 6.07) is 8.74. The summed E-state index contributed by atoms with van der Waals surface area (Å²) in [4.78, 5) is 29.1. The van der Waals surface area contributed by atoms with E-state index in [-0.39, 0.29) is 22.9 Å². The fraction of sp³-hybridized carbons (Fsp3) is 0.677. The lowest BCUT2D eigenvalue weighted by molar-refractivity contribution is 0.0926. The SMILES string of the molecule is CC.CCCC(CC(C)CCN(C)C(C)C)NC(=O)c1cn(C2CCCCC2)c2ccccc2c1=O. The normalized spacial score (nSPS) is 16.0. The van der Waals surface area contributed by atoms with Crippen molar-refractivity contribution >= 4 is 16.8 Å². The van der Waals surface area contributed by atoms with Crippen LogP contribution in [0.3, 0.4) is 0 Å². The van der Waals surface area contributed by atoms with Gasteiger partial charge < -0.3 is 14.8 Å². The summed E-state index contributed by atoms with van der Waals surface area (Å²) in [5.74, 6) is 0.291. The topological polar surface area (TPSA) is 54.3 Å². The zero-order chi connectivity index (χ0) is 26.7. The molecule has 0 saturated heterocycles. The number of hydrogen-bond donors (Lipinski definition) is 1. The second kappa shape index (κ2) is 15.2. The Kier molecular flexibility index (Phi) is 12.7. The minimum absolute atomic E-state index is 0.0888. The summed E-state index contributed by atoms with van der Waals surface area (Å²) in [6.07, 6.45) is 11.7. The highest BCUT2D eigenvalue weighted by atomic mass is 16.2. The van der Waals surface area contributed by atoms with E-state index in [1.807, 2.05) is 44.3 Å². The van der Waals surface area contributed by atoms with Gasteiger partial charge in [0.05, 0.1) is 5.52 Å². The summed E-state index contributed by atoms with van der Waals surface area (Å²) in [5, 5.41) is 3.90. The van der Waals surface area contributed by atoms with E-state index in [0.29, 0.717) is 23.4 Å². The third kappa shape index (κ3) is 8.19. The number of aromatic nitrogens is 1. The lowest BCUT2D eigenvalue weighted by atomic mass is 9.94. The molecule has 1 aliphatic rings. The van der Waals surface area contributed by atoms with E-state index >= 15 is 0 Å². The summed E-state index contributed by atoms with van der Waals surface area (Å²) in [7, 11) is 2.17. The maximum absolute atomic E-state index is 13.4. The third-order valence-electron chi connectivity index (χ3n) is 7.67. The zero-order valence-corrected chi connectivity index (χ0v) is 24.0. The maximum Gasteiger partial charge on any atom is 0.256 e. The maximum atomic E-state index is 13.4. The number of amides is 1. The Bertz CT molecular complexity index is 991. The van der Waals surface area contributed by atoms with Gasteiger partial charge in [0.1, 0.15) is 5.56 Å². The number of benzene rings is 1. The highest BCUT2D eigenvalue weighted by Gasteiger charge is 2.23. The number of carbonyl (C=O) groups is 1. The third-order valence-corrected chi connectivity index (χ3v) is 7.67. The Labute approximate surface area is 219 Å². The van der Waals surface area contributed by atoms with Crippen LogP contribution >= 0.6 is 0 Å². The molecule has 1 amide bonds. The molecule has 5 nitrogen and oxygen atoms in total. The molecule has 3 rings (SSSR count). The zero-order valence-electron chi connectivity index (χ0n) is 24.0. The highest BCUT2D eigenvalue weighted by molar-refractivity contribution is 5.97. The number of hydrogen-bond acceptors (Lipinski definition) is 3. The Morgan fingerprint density at radius 1 is 1.08 bits per heavy atom. The van der Waals surface area contributed by atoms with Crippen molar-refractivity contribution in [3.8, 4) is 0 Å². The number of carbonyl (C=O) groups excluding carboxylic acids is 1. The molecular weight excluding hydrogens is 446 g/mol. The van der Waals surface area contributed by atoms with Gasteiger partial charge in [-0.05, 0) is 77.6 Å². The molecule has 1 saturated carbocycles. The van der Waals surface area contributed by atoms with Gasteiger partial charge in [0, 0.05) is 29.7 Å². The summed E-state index contributed by atoms with van der Waals surface area (Å²) in [5.41, 5.74) is 1.09. The summed E-state index contributed by atoms with van der Waals surface area (Å²) >= 11 is 0. The average molecular weight is 498 g/mol. The molecule has 1 aliphatic carbocycles. The Balaban J connectivity index is 0.00000222. The van der Waals surface area contributed by atoms with E-state index < -0.39 is 0 Å². The predicted octanol–water partition coefficient (Wildman–Crippen LogP) is 7.19. The van der Waals surface area contributed by atoms with E-state index in [9.17, 15) is 9.59 Å². The first kappa shape index (κ1) is 30.1. The van der Waals surface area contributed by atoms with Crippen LogP contribution in [0.4, 0.5) is 0 Å². The average Bonchev–Trinajstić information content (AvgIpc) is 2.89. The minimum Gasteiger partial charge on any atom is -0.349 e. The van der Waals surface area contributed by atoms with E-state index in [0.717, 1.165) is 50.6 Å². The van der Waals surface area contributed by atoms with Crippen LogP contribution in [0.5, 0.6) is 0 Å². The number of pyridine rings is 1. The van der Waals surface area contributed by atoms with Crippen molar-refractivity contribution in [1.29, 1.82) is 0 Å². The van der Waals surface area contributed by atoms with Crippen LogP contribution in [0.15, 0.2) is 35.3 Å². The van der Waals surface area contributed by atoms with Crippen molar-refractivity contribution in [2.75, 3.05) is 13.6 Å². The van der Waals surface area contributed by atoms with E-state index in [2.05, 4.69) is 49.5 Å². The van der Waals surface area contributed by atoms with E-state index in [4.69, 9.17) is 0 Å². The second-order valence-electron chi connectivity index (χ2n) is 10.8. The molecule has 5 heteroatoms. The second-order valence-corrected chi connectivity index (χ2v) is 10.8. The van der Waals surface area contributed by atoms with Crippen LogP contribution in [-0.4, -0.2) is 41.1 Å². The quantitative estimate of drug-likeness (QED) is 0.357. The fourth-order valence-corrected chi connectivity index (χ4v) is 5.27. The Morgan fingerprint density at radius 2 is 1.75 bits per heavy atom. The van der Waals surface area contributed by atoms with Crippen molar-refractivity contribution in [1.82, 2.24) is 14.8 Å². The van der Waals surface area contributed by atoms with Crippen LogP contribution in [0.25, 0.3) is 10.9 Å². The standard InChI is InChI=1S/C29H45N3O2.C2H6/c1-6-12-23(19-22(4)17-18-31(5)21(2)3)30-29(34)26-20-32(24-13-8-7-9-14-24)27-16-11-10-15-25(27)28(26)33;1-2/h10-11,15-16,20-24H,6-9,12-14,17-19H2,1-5H3,(H,30,34);1-2H3. The van der Waals surface area contributed by atoms with Crippen molar-refractivity contribution in [3.05, 3.63) is 46.2 Å². The van der Waals surface area contributed by atoms with Crippen LogP contribution in [0, 0.1) is 5.92 Å². The van der Waals surface area contributed by atoms with Gasteiger partial charge in [0.25, 0.3) is 5.91 Å². The number of rotatable bonds is 11.